The molecule has 1 aromatic rings. The van der Waals surface area contributed by atoms with E-state index in [4.69, 9.17) is 11.0 Å². The Labute approximate surface area is 116 Å². The van der Waals surface area contributed by atoms with Gasteiger partial charge in [0, 0.05) is 13.1 Å². The summed E-state index contributed by atoms with van der Waals surface area (Å²) in [5.41, 5.74) is 6.58. The van der Waals surface area contributed by atoms with Crippen molar-refractivity contribution in [1.29, 1.82) is 5.26 Å². The molecule has 1 fully saturated rings. The van der Waals surface area contributed by atoms with Gasteiger partial charge in [0.1, 0.15) is 21.5 Å². The summed E-state index contributed by atoms with van der Waals surface area (Å²) in [6.07, 6.45) is 3.34. The van der Waals surface area contributed by atoms with Crippen molar-refractivity contribution in [3.63, 3.8) is 0 Å². The van der Waals surface area contributed by atoms with Crippen molar-refractivity contribution in [3.8, 4) is 6.07 Å². The third kappa shape index (κ3) is 3.18. The Morgan fingerprint density at radius 3 is 2.89 bits per heavy atom. The fourth-order valence-corrected chi connectivity index (χ4v) is 2.72. The van der Waals surface area contributed by atoms with Crippen molar-refractivity contribution >= 4 is 27.9 Å². The largest absolute Gasteiger partial charge is 0.396 e. The first-order chi connectivity index (χ1) is 9.17. The summed E-state index contributed by atoms with van der Waals surface area (Å²) in [7, 11) is 0. The number of nitrogens with two attached hydrogens (primary N) is 1. The number of anilines is 2. The van der Waals surface area contributed by atoms with E-state index in [0.717, 1.165) is 13.0 Å². The van der Waals surface area contributed by atoms with E-state index in [1.54, 1.807) is 0 Å². The Balaban J connectivity index is 2.14. The molecule has 0 bridgehead atoms. The van der Waals surface area contributed by atoms with Crippen molar-refractivity contribution in [3.05, 3.63) is 10.4 Å². The van der Waals surface area contributed by atoms with Crippen LogP contribution in [0.3, 0.4) is 0 Å². The SMILES string of the molecule is CCCNC(=O)c1sc(NCC2CC2)c(C#N)c1N. The smallest absolute Gasteiger partial charge is 0.263 e. The van der Waals surface area contributed by atoms with Gasteiger partial charge in [-0.15, -0.1) is 11.3 Å². The van der Waals surface area contributed by atoms with E-state index < -0.39 is 0 Å². The summed E-state index contributed by atoms with van der Waals surface area (Å²) >= 11 is 1.27. The summed E-state index contributed by atoms with van der Waals surface area (Å²) in [6, 6.07) is 2.08. The molecule has 4 N–H and O–H groups in total. The van der Waals surface area contributed by atoms with Crippen molar-refractivity contribution in [2.75, 3.05) is 24.1 Å². The van der Waals surface area contributed by atoms with Gasteiger partial charge in [-0.05, 0) is 25.2 Å². The molecule has 102 valence electrons. The quantitative estimate of drug-likeness (QED) is 0.743. The minimum Gasteiger partial charge on any atom is -0.396 e. The van der Waals surface area contributed by atoms with Gasteiger partial charge in [0.05, 0.1) is 5.69 Å². The number of hydrogen-bond donors (Lipinski definition) is 3. The zero-order chi connectivity index (χ0) is 13.8. The number of nitrogen functional groups attached to an aromatic ring is 1. The Hall–Kier alpha value is -1.74. The molecule has 5 nitrogen and oxygen atoms in total. The molecule has 0 saturated heterocycles. The molecule has 1 heterocycles. The highest BCUT2D eigenvalue weighted by Crippen LogP contribution is 2.36. The highest BCUT2D eigenvalue weighted by atomic mass is 32.1. The van der Waals surface area contributed by atoms with Crippen LogP contribution in [0.25, 0.3) is 0 Å². The summed E-state index contributed by atoms with van der Waals surface area (Å²) in [4.78, 5) is 12.4. The highest BCUT2D eigenvalue weighted by molar-refractivity contribution is 7.18. The van der Waals surface area contributed by atoms with Crippen molar-refractivity contribution < 1.29 is 4.79 Å². The van der Waals surface area contributed by atoms with Crippen LogP contribution in [0.2, 0.25) is 0 Å². The van der Waals surface area contributed by atoms with E-state index >= 15 is 0 Å². The van der Waals surface area contributed by atoms with Gasteiger partial charge in [-0.2, -0.15) is 5.26 Å². The number of thiophene rings is 1. The fraction of sp³-hybridized carbons (Fsp3) is 0.538. The maximum atomic E-state index is 11.9. The molecule has 0 atom stereocenters. The van der Waals surface area contributed by atoms with E-state index in [9.17, 15) is 4.79 Å². The van der Waals surface area contributed by atoms with Crippen LogP contribution in [-0.2, 0) is 0 Å². The van der Waals surface area contributed by atoms with E-state index in [-0.39, 0.29) is 5.91 Å². The molecule has 0 spiro atoms. The van der Waals surface area contributed by atoms with Gasteiger partial charge in [0.15, 0.2) is 0 Å². The molecular formula is C13H18N4OS. The van der Waals surface area contributed by atoms with Crippen LogP contribution in [-0.4, -0.2) is 19.0 Å². The molecule has 0 aliphatic heterocycles. The standard InChI is InChI=1S/C13H18N4OS/c1-2-5-16-12(18)11-10(15)9(6-14)13(19-11)17-7-8-3-4-8/h8,17H,2-5,7,15H2,1H3,(H,16,18). The summed E-state index contributed by atoms with van der Waals surface area (Å²) < 4.78 is 0. The van der Waals surface area contributed by atoms with E-state index in [2.05, 4.69) is 16.7 Å². The number of carbonyl (C=O) groups excluding carboxylic acids is 1. The van der Waals surface area contributed by atoms with Crippen LogP contribution in [0.4, 0.5) is 10.7 Å². The second-order valence-corrected chi connectivity index (χ2v) is 5.76. The van der Waals surface area contributed by atoms with Gasteiger partial charge < -0.3 is 16.4 Å². The van der Waals surface area contributed by atoms with Crippen LogP contribution in [0.1, 0.15) is 41.4 Å². The molecule has 2 rings (SSSR count). The first-order valence-electron chi connectivity index (χ1n) is 6.51. The van der Waals surface area contributed by atoms with Crippen molar-refractivity contribution in [1.82, 2.24) is 5.32 Å². The van der Waals surface area contributed by atoms with Gasteiger partial charge in [0.2, 0.25) is 0 Å². The van der Waals surface area contributed by atoms with Crippen molar-refractivity contribution in [2.45, 2.75) is 26.2 Å². The van der Waals surface area contributed by atoms with Gasteiger partial charge in [-0.25, -0.2) is 0 Å². The number of nitrogens with one attached hydrogen (secondary N) is 2. The van der Waals surface area contributed by atoms with Gasteiger partial charge >= 0.3 is 0 Å². The van der Waals surface area contributed by atoms with Crippen LogP contribution >= 0.6 is 11.3 Å². The predicted molar refractivity (Wildman–Crippen MR) is 77.3 cm³/mol. The highest BCUT2D eigenvalue weighted by Gasteiger charge is 2.24. The Kier molecular flexibility index (Phi) is 4.27. The number of nitriles is 1. The maximum Gasteiger partial charge on any atom is 0.263 e. The first kappa shape index (κ1) is 13.7. The van der Waals surface area contributed by atoms with Gasteiger partial charge in [-0.3, -0.25) is 4.79 Å². The zero-order valence-corrected chi connectivity index (χ0v) is 11.8. The molecule has 19 heavy (non-hydrogen) atoms. The summed E-state index contributed by atoms with van der Waals surface area (Å²) in [6.45, 7) is 3.45. The van der Waals surface area contributed by atoms with Gasteiger partial charge in [0.25, 0.3) is 5.91 Å². The number of nitrogens with zero attached hydrogens (tertiary/aromatic N) is 1. The van der Waals surface area contributed by atoms with Crippen LogP contribution in [0.15, 0.2) is 0 Å². The first-order valence-corrected chi connectivity index (χ1v) is 7.33. The van der Waals surface area contributed by atoms with Crippen LogP contribution in [0.5, 0.6) is 0 Å². The lowest BCUT2D eigenvalue weighted by atomic mass is 10.2. The summed E-state index contributed by atoms with van der Waals surface area (Å²) in [5.74, 6) is 0.507. The van der Waals surface area contributed by atoms with E-state index in [1.807, 2.05) is 6.92 Å². The predicted octanol–water partition coefficient (Wildman–Crippen LogP) is 2.16. The Morgan fingerprint density at radius 1 is 1.58 bits per heavy atom. The number of carbonyl (C=O) groups is 1. The fourth-order valence-electron chi connectivity index (χ4n) is 1.73. The average molecular weight is 278 g/mol. The van der Waals surface area contributed by atoms with E-state index in [1.165, 1.54) is 24.2 Å². The normalized spacial score (nSPS) is 13.9. The van der Waals surface area contributed by atoms with Crippen LogP contribution < -0.4 is 16.4 Å². The second-order valence-electron chi connectivity index (χ2n) is 4.74. The minimum atomic E-state index is -0.194. The van der Waals surface area contributed by atoms with E-state index in [0.29, 0.717) is 33.6 Å². The molecule has 1 aliphatic carbocycles. The third-order valence-corrected chi connectivity index (χ3v) is 4.21. The molecule has 0 radical (unpaired) electrons. The molecule has 1 saturated carbocycles. The third-order valence-electron chi connectivity index (χ3n) is 3.05. The monoisotopic (exact) mass is 278 g/mol. The Bertz CT molecular complexity index is 513. The Morgan fingerprint density at radius 2 is 2.32 bits per heavy atom. The molecule has 1 aromatic heterocycles. The minimum absolute atomic E-state index is 0.194. The maximum absolute atomic E-state index is 11.9. The molecular weight excluding hydrogens is 260 g/mol. The van der Waals surface area contributed by atoms with Gasteiger partial charge in [-0.1, -0.05) is 6.92 Å². The molecule has 1 aliphatic rings. The zero-order valence-electron chi connectivity index (χ0n) is 11.0. The molecule has 0 aromatic carbocycles. The average Bonchev–Trinajstić information content (AvgIpc) is 3.17. The second kappa shape index (κ2) is 5.93. The lowest BCUT2D eigenvalue weighted by Crippen LogP contribution is -2.23. The number of hydrogen-bond acceptors (Lipinski definition) is 5. The number of amides is 1. The molecule has 6 heteroatoms. The van der Waals surface area contributed by atoms with Crippen molar-refractivity contribution in [2.24, 2.45) is 5.92 Å². The summed E-state index contributed by atoms with van der Waals surface area (Å²) in [5, 5.41) is 15.9. The molecule has 0 unspecified atom stereocenters. The number of rotatable bonds is 6. The lowest BCUT2D eigenvalue weighted by Gasteiger charge is -2.01. The molecule has 1 amide bonds. The lowest BCUT2D eigenvalue weighted by molar-refractivity contribution is 0.0958. The topological polar surface area (TPSA) is 90.9 Å². The van der Waals surface area contributed by atoms with Crippen LogP contribution in [0, 0.1) is 17.2 Å².